The van der Waals surface area contributed by atoms with Crippen molar-refractivity contribution in [3.8, 4) is 0 Å². The van der Waals surface area contributed by atoms with Crippen LogP contribution in [0.3, 0.4) is 0 Å². The molecule has 0 unspecified atom stereocenters. The Balaban J connectivity index is 2.51. The average molecular weight is 271 g/mol. The Hall–Kier alpha value is -1.36. The van der Waals surface area contributed by atoms with Crippen LogP contribution >= 0.6 is 15.9 Å². The number of halogens is 1. The lowest BCUT2D eigenvalue weighted by atomic mass is 10.2. The highest BCUT2D eigenvalue weighted by Crippen LogP contribution is 2.09. The Labute approximate surface area is 96.6 Å². The summed E-state index contributed by atoms with van der Waals surface area (Å²) in [6, 6.07) is 7.48. The molecule has 4 nitrogen and oxygen atoms in total. The van der Waals surface area contributed by atoms with E-state index in [2.05, 4.69) is 25.9 Å². The van der Waals surface area contributed by atoms with Gasteiger partial charge in [-0.05, 0) is 17.7 Å². The van der Waals surface area contributed by atoms with Crippen LogP contribution in [-0.2, 0) is 4.84 Å². The van der Waals surface area contributed by atoms with Gasteiger partial charge in [0.25, 0.3) is 0 Å². The molecule has 0 aliphatic rings. The lowest BCUT2D eigenvalue weighted by molar-refractivity contribution is 0.123. The molecule has 1 aromatic rings. The zero-order valence-corrected chi connectivity index (χ0v) is 10.1. The molecule has 0 fully saturated rings. The van der Waals surface area contributed by atoms with Gasteiger partial charge >= 0.3 is 6.09 Å². The van der Waals surface area contributed by atoms with Crippen LogP contribution in [0, 0.1) is 0 Å². The molecule has 0 bridgehead atoms. The molecule has 0 atom stereocenters. The second-order valence-corrected chi connectivity index (χ2v) is 3.95. The van der Waals surface area contributed by atoms with E-state index in [1.54, 1.807) is 14.1 Å². The highest BCUT2D eigenvalue weighted by molar-refractivity contribution is 9.10. The van der Waals surface area contributed by atoms with Gasteiger partial charge in [-0.1, -0.05) is 33.2 Å². The third kappa shape index (κ3) is 4.12. The molecule has 0 spiro atoms. The fourth-order valence-electron chi connectivity index (χ4n) is 0.763. The molecule has 1 rings (SSSR count). The van der Waals surface area contributed by atoms with Crippen molar-refractivity contribution in [2.24, 2.45) is 5.16 Å². The Morgan fingerprint density at radius 1 is 1.40 bits per heavy atom. The minimum absolute atomic E-state index is 0.497. The van der Waals surface area contributed by atoms with E-state index in [0.717, 1.165) is 10.0 Å². The molecule has 0 aliphatic carbocycles. The van der Waals surface area contributed by atoms with Gasteiger partial charge < -0.3 is 4.90 Å². The van der Waals surface area contributed by atoms with Crippen LogP contribution in [0.2, 0.25) is 0 Å². The first-order chi connectivity index (χ1) is 7.09. The van der Waals surface area contributed by atoms with Crippen LogP contribution in [-0.4, -0.2) is 31.3 Å². The van der Waals surface area contributed by atoms with Crippen molar-refractivity contribution in [1.82, 2.24) is 4.90 Å². The molecule has 0 aliphatic heterocycles. The van der Waals surface area contributed by atoms with Crippen LogP contribution in [0.25, 0.3) is 0 Å². The summed E-state index contributed by atoms with van der Waals surface area (Å²) in [5, 5.41) is 3.56. The Kier molecular flexibility index (Phi) is 4.30. The average Bonchev–Trinajstić information content (AvgIpc) is 2.20. The van der Waals surface area contributed by atoms with Crippen LogP contribution < -0.4 is 0 Å². The van der Waals surface area contributed by atoms with E-state index in [4.69, 9.17) is 0 Å². The Morgan fingerprint density at radius 3 is 2.53 bits per heavy atom. The monoisotopic (exact) mass is 270 g/mol. The van der Waals surface area contributed by atoms with Crippen molar-refractivity contribution in [1.29, 1.82) is 0 Å². The summed E-state index contributed by atoms with van der Waals surface area (Å²) in [6.07, 6.45) is 0.983. The number of oxime groups is 1. The normalized spacial score (nSPS) is 10.3. The number of nitrogens with zero attached hydrogens (tertiary/aromatic N) is 2. The fourth-order valence-corrected chi connectivity index (χ4v) is 1.03. The molecule has 80 valence electrons. The van der Waals surface area contributed by atoms with E-state index in [1.165, 1.54) is 11.1 Å². The number of carbonyl (C=O) groups is 1. The first-order valence-corrected chi connectivity index (χ1v) is 5.06. The quantitative estimate of drug-likeness (QED) is 0.471. The van der Waals surface area contributed by atoms with Crippen molar-refractivity contribution in [2.45, 2.75) is 0 Å². The fraction of sp³-hybridized carbons (Fsp3) is 0.200. The minimum Gasteiger partial charge on any atom is -0.312 e. The van der Waals surface area contributed by atoms with Crippen molar-refractivity contribution >= 4 is 28.2 Å². The maximum atomic E-state index is 11.0. The number of hydrogen-bond donors (Lipinski definition) is 0. The van der Waals surface area contributed by atoms with Crippen molar-refractivity contribution in [2.75, 3.05) is 14.1 Å². The summed E-state index contributed by atoms with van der Waals surface area (Å²) in [7, 11) is 3.19. The Morgan fingerprint density at radius 2 is 2.00 bits per heavy atom. The largest absolute Gasteiger partial charge is 0.435 e. The first-order valence-electron chi connectivity index (χ1n) is 4.27. The topological polar surface area (TPSA) is 41.9 Å². The summed E-state index contributed by atoms with van der Waals surface area (Å²) in [5.41, 5.74) is 0.866. The van der Waals surface area contributed by atoms with Crippen molar-refractivity contribution < 1.29 is 9.63 Å². The molecular formula is C10H11BrN2O2. The molecule has 1 aromatic carbocycles. The van der Waals surface area contributed by atoms with E-state index < -0.39 is 6.09 Å². The van der Waals surface area contributed by atoms with E-state index in [9.17, 15) is 4.79 Å². The molecule has 0 saturated heterocycles. The van der Waals surface area contributed by atoms with Gasteiger partial charge in [0, 0.05) is 18.6 Å². The number of amides is 1. The highest BCUT2D eigenvalue weighted by atomic mass is 79.9. The van der Waals surface area contributed by atoms with Gasteiger partial charge in [0.2, 0.25) is 0 Å². The van der Waals surface area contributed by atoms with E-state index in [-0.39, 0.29) is 0 Å². The second kappa shape index (κ2) is 5.50. The third-order valence-electron chi connectivity index (χ3n) is 1.57. The molecule has 0 N–H and O–H groups in total. The maximum absolute atomic E-state index is 11.0. The van der Waals surface area contributed by atoms with Crippen LogP contribution in [0.15, 0.2) is 33.9 Å². The summed E-state index contributed by atoms with van der Waals surface area (Å²) >= 11 is 3.32. The number of benzene rings is 1. The maximum Gasteiger partial charge on any atom is 0.435 e. The highest BCUT2D eigenvalue weighted by Gasteiger charge is 2.02. The first kappa shape index (κ1) is 11.7. The van der Waals surface area contributed by atoms with Gasteiger partial charge in [0.1, 0.15) is 0 Å². The molecule has 15 heavy (non-hydrogen) atoms. The predicted molar refractivity (Wildman–Crippen MR) is 61.9 cm³/mol. The molecule has 0 radical (unpaired) electrons. The Bertz CT molecular complexity index is 360. The number of hydrogen-bond acceptors (Lipinski definition) is 3. The van der Waals surface area contributed by atoms with Crippen LogP contribution in [0.5, 0.6) is 0 Å². The van der Waals surface area contributed by atoms with Crippen molar-refractivity contribution in [3.63, 3.8) is 0 Å². The molecule has 1 amide bonds. The lowest BCUT2D eigenvalue weighted by Gasteiger charge is -2.05. The summed E-state index contributed by atoms with van der Waals surface area (Å²) in [4.78, 5) is 16.9. The standard InChI is InChI=1S/C10H11BrN2O2/c1-13(2)10(14)15-12-7-8-3-5-9(11)6-4-8/h3-7H,1-2H3/b12-7+. The summed E-state index contributed by atoms with van der Waals surface area (Å²) in [5.74, 6) is 0. The van der Waals surface area contributed by atoms with Gasteiger partial charge in [0.15, 0.2) is 0 Å². The molecule has 0 aromatic heterocycles. The van der Waals surface area contributed by atoms with Gasteiger partial charge in [-0.2, -0.15) is 0 Å². The van der Waals surface area contributed by atoms with Gasteiger partial charge in [-0.15, -0.1) is 0 Å². The summed E-state index contributed by atoms with van der Waals surface area (Å²) in [6.45, 7) is 0. The lowest BCUT2D eigenvalue weighted by Crippen LogP contribution is -2.20. The van der Waals surface area contributed by atoms with Crippen LogP contribution in [0.4, 0.5) is 4.79 Å². The van der Waals surface area contributed by atoms with Gasteiger partial charge in [-0.25, -0.2) is 4.79 Å². The van der Waals surface area contributed by atoms with E-state index in [0.29, 0.717) is 0 Å². The third-order valence-corrected chi connectivity index (χ3v) is 2.10. The number of carbonyl (C=O) groups excluding carboxylic acids is 1. The number of rotatable bonds is 2. The van der Waals surface area contributed by atoms with Crippen molar-refractivity contribution in [3.05, 3.63) is 34.3 Å². The van der Waals surface area contributed by atoms with Gasteiger partial charge in [0.05, 0.1) is 6.21 Å². The molecule has 0 heterocycles. The van der Waals surface area contributed by atoms with E-state index in [1.807, 2.05) is 24.3 Å². The summed E-state index contributed by atoms with van der Waals surface area (Å²) < 4.78 is 0.991. The zero-order valence-electron chi connectivity index (χ0n) is 8.48. The molecule has 5 heteroatoms. The predicted octanol–water partition coefficient (Wildman–Crippen LogP) is 2.48. The smallest absolute Gasteiger partial charge is 0.312 e. The van der Waals surface area contributed by atoms with Gasteiger partial charge in [-0.3, -0.25) is 4.84 Å². The second-order valence-electron chi connectivity index (χ2n) is 3.04. The molecule has 0 saturated carbocycles. The SMILES string of the molecule is CN(C)C(=O)O/N=C/c1ccc(Br)cc1. The van der Waals surface area contributed by atoms with Crippen LogP contribution in [0.1, 0.15) is 5.56 Å². The zero-order chi connectivity index (χ0) is 11.3. The minimum atomic E-state index is -0.497. The van der Waals surface area contributed by atoms with E-state index >= 15 is 0 Å². The molecular weight excluding hydrogens is 260 g/mol.